The molecule has 7 nitrogen and oxygen atoms in total. The molecule has 2 aromatic rings. The van der Waals surface area contributed by atoms with Crippen molar-refractivity contribution in [1.29, 1.82) is 0 Å². The van der Waals surface area contributed by atoms with Gasteiger partial charge in [-0.25, -0.2) is 4.79 Å². The number of carbonyl (C=O) groups excluding carboxylic acids is 2. The van der Waals surface area contributed by atoms with Gasteiger partial charge in [-0.15, -0.1) is 11.8 Å². The Hall–Kier alpha value is -2.58. The summed E-state index contributed by atoms with van der Waals surface area (Å²) in [7, 11) is 0. The fourth-order valence-electron chi connectivity index (χ4n) is 1.97. The number of rotatable bonds is 6. The molecule has 0 aliphatic carbocycles. The van der Waals surface area contributed by atoms with E-state index in [1.54, 1.807) is 24.3 Å². The molecule has 2 aromatic carbocycles. The van der Waals surface area contributed by atoms with Crippen molar-refractivity contribution in [3.8, 4) is 0 Å². The molecule has 0 fully saturated rings. The maximum atomic E-state index is 12.1. The number of nitro groups is 1. The molecular weight excluding hydrogens is 368 g/mol. The summed E-state index contributed by atoms with van der Waals surface area (Å²) in [6, 6.07) is 10.7. The number of esters is 1. The van der Waals surface area contributed by atoms with Crippen molar-refractivity contribution in [2.45, 2.75) is 4.90 Å². The first-order valence-corrected chi connectivity index (χ1v) is 8.56. The van der Waals surface area contributed by atoms with E-state index < -0.39 is 23.4 Å². The predicted molar refractivity (Wildman–Crippen MR) is 95.2 cm³/mol. The molecule has 9 heteroatoms. The van der Waals surface area contributed by atoms with Crippen molar-refractivity contribution < 1.29 is 19.2 Å². The van der Waals surface area contributed by atoms with Gasteiger partial charge in [0, 0.05) is 16.0 Å². The van der Waals surface area contributed by atoms with E-state index >= 15 is 0 Å². The number of ether oxygens (including phenoxy) is 1. The van der Waals surface area contributed by atoms with Crippen molar-refractivity contribution in [2.24, 2.45) is 0 Å². The van der Waals surface area contributed by atoms with Crippen molar-refractivity contribution in [1.82, 2.24) is 0 Å². The van der Waals surface area contributed by atoms with Gasteiger partial charge >= 0.3 is 5.97 Å². The van der Waals surface area contributed by atoms with Crippen LogP contribution in [-0.4, -0.2) is 29.7 Å². The number of hydrogen-bond donors (Lipinski definition) is 1. The Balaban J connectivity index is 2.02. The lowest BCUT2D eigenvalue weighted by atomic mass is 10.2. The molecule has 1 amide bonds. The fraction of sp³-hybridized carbons (Fsp3) is 0.125. The Morgan fingerprint density at radius 1 is 1.28 bits per heavy atom. The summed E-state index contributed by atoms with van der Waals surface area (Å²) in [5.74, 6) is -1.34. The normalized spacial score (nSPS) is 10.2. The van der Waals surface area contributed by atoms with E-state index in [1.807, 2.05) is 6.26 Å². The zero-order valence-corrected chi connectivity index (χ0v) is 14.6. The van der Waals surface area contributed by atoms with Crippen molar-refractivity contribution in [3.05, 3.63) is 63.2 Å². The highest BCUT2D eigenvalue weighted by atomic mass is 35.5. The predicted octanol–water partition coefficient (Wildman–Crippen LogP) is 3.77. The van der Waals surface area contributed by atoms with E-state index in [-0.39, 0.29) is 16.4 Å². The number of halogens is 1. The van der Waals surface area contributed by atoms with Gasteiger partial charge in [-0.1, -0.05) is 23.7 Å². The van der Waals surface area contributed by atoms with Gasteiger partial charge in [-0.3, -0.25) is 14.9 Å². The van der Waals surface area contributed by atoms with Gasteiger partial charge in [0.1, 0.15) is 5.69 Å². The molecule has 0 aromatic heterocycles. The maximum Gasteiger partial charge on any atom is 0.339 e. The molecule has 130 valence electrons. The van der Waals surface area contributed by atoms with Crippen molar-refractivity contribution >= 4 is 46.6 Å². The minimum atomic E-state index is -0.694. The first-order valence-electron chi connectivity index (χ1n) is 6.96. The first kappa shape index (κ1) is 18.8. The standard InChI is InChI=1S/C16H13ClN2O5S/c1-25-14-5-3-2-4-11(14)16(21)24-9-15(20)18-12-7-6-10(17)8-13(12)19(22)23/h2-8H,9H2,1H3,(H,18,20). The largest absolute Gasteiger partial charge is 0.452 e. The summed E-state index contributed by atoms with van der Waals surface area (Å²) in [6.45, 7) is -0.568. The number of amides is 1. The Labute approximate surface area is 152 Å². The Morgan fingerprint density at radius 2 is 2.00 bits per heavy atom. The van der Waals surface area contributed by atoms with Crippen molar-refractivity contribution in [3.63, 3.8) is 0 Å². The minimum absolute atomic E-state index is 0.0278. The number of hydrogen-bond acceptors (Lipinski definition) is 6. The van der Waals surface area contributed by atoms with Crippen LogP contribution in [0.5, 0.6) is 0 Å². The molecular formula is C16H13ClN2O5S. The lowest BCUT2D eigenvalue weighted by Gasteiger charge is -2.09. The maximum absolute atomic E-state index is 12.1. The molecule has 0 aliphatic rings. The third-order valence-electron chi connectivity index (χ3n) is 3.09. The highest BCUT2D eigenvalue weighted by Crippen LogP contribution is 2.27. The van der Waals surface area contributed by atoms with Gasteiger partial charge < -0.3 is 10.1 Å². The van der Waals surface area contributed by atoms with Crippen molar-refractivity contribution in [2.75, 3.05) is 18.2 Å². The summed E-state index contributed by atoms with van der Waals surface area (Å²) in [5.41, 5.74) is -0.0276. The summed E-state index contributed by atoms with van der Waals surface area (Å²) < 4.78 is 4.97. The van der Waals surface area contributed by atoms with E-state index in [4.69, 9.17) is 16.3 Å². The number of nitrogens with zero attached hydrogens (tertiary/aromatic N) is 1. The molecule has 0 aliphatic heterocycles. The van der Waals surface area contributed by atoms with Gasteiger partial charge in [0.2, 0.25) is 0 Å². The third-order valence-corrected chi connectivity index (χ3v) is 4.12. The summed E-state index contributed by atoms with van der Waals surface area (Å²) >= 11 is 7.09. The minimum Gasteiger partial charge on any atom is -0.452 e. The van der Waals surface area contributed by atoms with Gasteiger partial charge in [-0.05, 0) is 30.5 Å². The molecule has 0 atom stereocenters. The van der Waals surface area contributed by atoms with E-state index in [1.165, 1.54) is 23.9 Å². The van der Waals surface area contributed by atoms with Crippen LogP contribution in [0.3, 0.4) is 0 Å². The Morgan fingerprint density at radius 3 is 2.68 bits per heavy atom. The second-order valence-electron chi connectivity index (χ2n) is 4.74. The smallest absolute Gasteiger partial charge is 0.339 e. The second-order valence-corrected chi connectivity index (χ2v) is 6.03. The highest BCUT2D eigenvalue weighted by molar-refractivity contribution is 7.98. The van der Waals surface area contributed by atoms with E-state index in [0.717, 1.165) is 11.0 Å². The number of anilines is 1. The van der Waals surface area contributed by atoms with Crippen LogP contribution in [-0.2, 0) is 9.53 Å². The molecule has 1 N–H and O–H groups in total. The second kappa shape index (κ2) is 8.50. The SMILES string of the molecule is CSc1ccccc1C(=O)OCC(=O)Nc1ccc(Cl)cc1[N+](=O)[O-]. The van der Waals surface area contributed by atoms with Crippen LogP contribution >= 0.6 is 23.4 Å². The molecule has 0 radical (unpaired) electrons. The lowest BCUT2D eigenvalue weighted by Crippen LogP contribution is -2.21. The molecule has 0 bridgehead atoms. The molecule has 25 heavy (non-hydrogen) atoms. The molecule has 0 heterocycles. The Kier molecular flexibility index (Phi) is 6.37. The first-order chi connectivity index (χ1) is 11.9. The number of nitro benzene ring substituents is 1. The molecule has 0 saturated heterocycles. The fourth-order valence-corrected chi connectivity index (χ4v) is 2.72. The number of thioether (sulfide) groups is 1. The number of carbonyl (C=O) groups is 2. The van der Waals surface area contributed by atoms with Gasteiger partial charge in [0.25, 0.3) is 11.6 Å². The highest BCUT2D eigenvalue weighted by Gasteiger charge is 2.18. The zero-order valence-electron chi connectivity index (χ0n) is 13.0. The monoisotopic (exact) mass is 380 g/mol. The number of nitrogens with one attached hydrogen (secondary N) is 1. The molecule has 2 rings (SSSR count). The van der Waals surface area contributed by atoms with Crippen LogP contribution in [0, 0.1) is 10.1 Å². The Bertz CT molecular complexity index is 828. The van der Waals surface area contributed by atoms with Crippen LogP contribution in [0.4, 0.5) is 11.4 Å². The zero-order chi connectivity index (χ0) is 18.4. The molecule has 0 spiro atoms. The van der Waals surface area contributed by atoms with E-state index in [9.17, 15) is 19.7 Å². The van der Waals surface area contributed by atoms with Crippen LogP contribution in [0.2, 0.25) is 5.02 Å². The van der Waals surface area contributed by atoms with Gasteiger partial charge in [0.05, 0.1) is 10.5 Å². The van der Waals surface area contributed by atoms with Gasteiger partial charge in [-0.2, -0.15) is 0 Å². The topological polar surface area (TPSA) is 98.5 Å². The van der Waals surface area contributed by atoms with Crippen LogP contribution < -0.4 is 5.32 Å². The van der Waals surface area contributed by atoms with Crippen LogP contribution in [0.25, 0.3) is 0 Å². The van der Waals surface area contributed by atoms with E-state index in [0.29, 0.717) is 5.56 Å². The molecule has 0 unspecified atom stereocenters. The summed E-state index contributed by atoms with van der Waals surface area (Å²) in [5, 5.41) is 13.5. The summed E-state index contributed by atoms with van der Waals surface area (Å²) in [4.78, 5) is 35.0. The third kappa shape index (κ3) is 4.94. The average Bonchev–Trinajstić information content (AvgIpc) is 2.61. The van der Waals surface area contributed by atoms with Crippen LogP contribution in [0.1, 0.15) is 10.4 Å². The quantitative estimate of drug-likeness (QED) is 0.354. The summed E-state index contributed by atoms with van der Waals surface area (Å²) in [6.07, 6.45) is 1.82. The van der Waals surface area contributed by atoms with Crippen LogP contribution in [0.15, 0.2) is 47.4 Å². The lowest BCUT2D eigenvalue weighted by molar-refractivity contribution is -0.383. The average molecular weight is 381 g/mol. The van der Waals surface area contributed by atoms with Gasteiger partial charge in [0.15, 0.2) is 6.61 Å². The number of benzene rings is 2. The van der Waals surface area contributed by atoms with E-state index in [2.05, 4.69) is 5.32 Å². The molecule has 0 saturated carbocycles.